The lowest BCUT2D eigenvalue weighted by molar-refractivity contribution is -0.135. The van der Waals surface area contributed by atoms with Gasteiger partial charge in [-0.15, -0.1) is 0 Å². The quantitative estimate of drug-likeness (QED) is 0.612. The Labute approximate surface area is 183 Å². The Morgan fingerprint density at radius 1 is 0.968 bits per heavy atom. The summed E-state index contributed by atoms with van der Waals surface area (Å²) >= 11 is 0. The van der Waals surface area contributed by atoms with Crippen LogP contribution in [0.25, 0.3) is 0 Å². The van der Waals surface area contributed by atoms with Gasteiger partial charge in [-0.25, -0.2) is 4.79 Å². The average molecular weight is 423 g/mol. The summed E-state index contributed by atoms with van der Waals surface area (Å²) in [5.41, 5.74) is 1.58. The fourth-order valence-electron chi connectivity index (χ4n) is 4.67. The lowest BCUT2D eigenvalue weighted by Gasteiger charge is -2.42. The first-order valence-electron chi connectivity index (χ1n) is 10.9. The molecule has 2 aliphatic rings. The van der Waals surface area contributed by atoms with Crippen LogP contribution >= 0.6 is 0 Å². The maximum atomic E-state index is 13.5. The number of piperidine rings is 1. The van der Waals surface area contributed by atoms with Gasteiger partial charge in [0.2, 0.25) is 0 Å². The number of aromatic nitrogens is 1. The maximum absolute atomic E-state index is 13.5. The van der Waals surface area contributed by atoms with Crippen LogP contribution in [0.4, 0.5) is 4.79 Å². The molecule has 0 saturated carbocycles. The first-order chi connectivity index (χ1) is 15.1. The van der Waals surface area contributed by atoms with Crippen molar-refractivity contribution < 1.29 is 14.3 Å². The predicted octanol–water partition coefficient (Wildman–Crippen LogP) is 2.57. The van der Waals surface area contributed by atoms with E-state index in [-0.39, 0.29) is 11.9 Å². The highest BCUT2D eigenvalue weighted by Crippen LogP contribution is 2.37. The fourth-order valence-corrected chi connectivity index (χ4v) is 4.67. The Hall–Kier alpha value is -2.77. The molecule has 7 nitrogen and oxygen atoms in total. The number of hydrogen-bond donors (Lipinski definition) is 0. The second kappa shape index (κ2) is 9.58. The number of nitrogens with zero attached hydrogens (tertiary/aromatic N) is 4. The second-order valence-electron chi connectivity index (χ2n) is 8.28. The monoisotopic (exact) mass is 422 g/mol. The van der Waals surface area contributed by atoms with Gasteiger partial charge in [0, 0.05) is 52.2 Å². The van der Waals surface area contributed by atoms with Gasteiger partial charge < -0.3 is 9.64 Å². The molecule has 7 heteroatoms. The first-order valence-corrected chi connectivity index (χ1v) is 10.9. The van der Waals surface area contributed by atoms with Crippen molar-refractivity contribution in [1.29, 1.82) is 0 Å². The summed E-state index contributed by atoms with van der Waals surface area (Å²) in [5.74, 6) is -0.0481. The molecule has 0 aliphatic carbocycles. The highest BCUT2D eigenvalue weighted by molar-refractivity contribution is 6.07. The predicted molar refractivity (Wildman–Crippen MR) is 117 cm³/mol. The van der Waals surface area contributed by atoms with Crippen molar-refractivity contribution in [2.75, 3.05) is 39.9 Å². The molecule has 3 heterocycles. The average Bonchev–Trinajstić information content (AvgIpc) is 2.99. The summed E-state index contributed by atoms with van der Waals surface area (Å²) in [7, 11) is 1.62. The van der Waals surface area contributed by atoms with Crippen LogP contribution in [0.3, 0.4) is 0 Å². The van der Waals surface area contributed by atoms with Crippen LogP contribution in [0.5, 0.6) is 0 Å². The largest absolute Gasteiger partial charge is 0.383 e. The number of imide groups is 1. The van der Waals surface area contributed by atoms with Crippen LogP contribution < -0.4 is 0 Å². The molecular formula is C24H30N4O3. The van der Waals surface area contributed by atoms with Gasteiger partial charge in [0.15, 0.2) is 0 Å². The van der Waals surface area contributed by atoms with Crippen LogP contribution in [0.1, 0.15) is 24.0 Å². The minimum atomic E-state index is -0.749. The third-order valence-corrected chi connectivity index (χ3v) is 6.45. The third-order valence-electron chi connectivity index (χ3n) is 6.45. The Morgan fingerprint density at radius 3 is 2.35 bits per heavy atom. The van der Waals surface area contributed by atoms with Gasteiger partial charge in [-0.05, 0) is 42.5 Å². The van der Waals surface area contributed by atoms with Gasteiger partial charge in [0.25, 0.3) is 5.91 Å². The molecule has 0 radical (unpaired) electrons. The first kappa shape index (κ1) is 21.5. The third kappa shape index (κ3) is 4.48. The molecule has 2 saturated heterocycles. The number of pyridine rings is 1. The van der Waals surface area contributed by atoms with Crippen LogP contribution in [0.15, 0.2) is 54.9 Å². The van der Waals surface area contributed by atoms with Crippen LogP contribution in [-0.4, -0.2) is 77.1 Å². The molecule has 0 N–H and O–H groups in total. The number of ether oxygens (including phenoxy) is 1. The number of rotatable bonds is 8. The number of methoxy groups -OCH3 is 1. The molecular weight excluding hydrogens is 392 g/mol. The summed E-state index contributed by atoms with van der Waals surface area (Å²) in [6.07, 6.45) is 5.57. The SMILES string of the molecule is COCCN1C(=O)N(CCc2ccccc2)C(=O)C12CCN(Cc1ccncc1)CC2. The van der Waals surface area contributed by atoms with E-state index in [2.05, 4.69) is 9.88 Å². The smallest absolute Gasteiger partial charge is 0.327 e. The molecule has 31 heavy (non-hydrogen) atoms. The summed E-state index contributed by atoms with van der Waals surface area (Å²) < 4.78 is 5.25. The van der Waals surface area contributed by atoms with Gasteiger partial charge in [-0.2, -0.15) is 0 Å². The molecule has 1 spiro atoms. The molecule has 2 aliphatic heterocycles. The fraction of sp³-hybridized carbons (Fsp3) is 0.458. The van der Waals surface area contributed by atoms with Crippen molar-refractivity contribution in [1.82, 2.24) is 19.7 Å². The van der Waals surface area contributed by atoms with Crippen molar-refractivity contribution in [3.05, 3.63) is 66.0 Å². The van der Waals surface area contributed by atoms with E-state index < -0.39 is 5.54 Å². The number of likely N-dealkylation sites (tertiary alicyclic amines) is 1. The Balaban J connectivity index is 1.46. The van der Waals surface area contributed by atoms with Gasteiger partial charge in [0.05, 0.1) is 6.61 Å². The number of carbonyl (C=O) groups excluding carboxylic acids is 2. The van der Waals surface area contributed by atoms with Crippen LogP contribution in [0.2, 0.25) is 0 Å². The molecule has 164 valence electrons. The topological polar surface area (TPSA) is 66.0 Å². The second-order valence-corrected chi connectivity index (χ2v) is 8.28. The molecule has 1 aromatic carbocycles. The summed E-state index contributed by atoms with van der Waals surface area (Å²) in [5, 5.41) is 0. The summed E-state index contributed by atoms with van der Waals surface area (Å²) in [4.78, 5) is 36.4. The maximum Gasteiger partial charge on any atom is 0.327 e. The van der Waals surface area contributed by atoms with Gasteiger partial charge >= 0.3 is 6.03 Å². The van der Waals surface area contributed by atoms with E-state index in [0.717, 1.165) is 25.2 Å². The normalized spacial score (nSPS) is 18.9. The number of carbonyl (C=O) groups is 2. The molecule has 2 fully saturated rings. The van der Waals surface area contributed by atoms with Crippen LogP contribution in [-0.2, 0) is 22.5 Å². The molecule has 0 bridgehead atoms. The number of benzene rings is 1. The van der Waals surface area contributed by atoms with E-state index in [4.69, 9.17) is 4.74 Å². The molecule has 0 atom stereocenters. The number of hydrogen-bond acceptors (Lipinski definition) is 5. The lowest BCUT2D eigenvalue weighted by Crippen LogP contribution is -2.57. The molecule has 0 unspecified atom stereocenters. The standard InChI is InChI=1S/C24H30N4O3/c1-31-18-17-28-23(30)27(14-9-20-5-3-2-4-6-20)22(29)24(28)10-15-26(16-11-24)19-21-7-12-25-13-8-21/h2-8,12-13H,9-11,14-19H2,1H3. The minimum Gasteiger partial charge on any atom is -0.383 e. The van der Waals surface area contributed by atoms with E-state index >= 15 is 0 Å². The number of urea groups is 1. The van der Waals surface area contributed by atoms with Gasteiger partial charge in [0.1, 0.15) is 5.54 Å². The van der Waals surface area contributed by atoms with Crippen molar-refractivity contribution in [2.24, 2.45) is 0 Å². The van der Waals surface area contributed by atoms with Crippen LogP contribution in [0, 0.1) is 0 Å². The Kier molecular flexibility index (Phi) is 6.63. The molecule has 2 aromatic rings. The Morgan fingerprint density at radius 2 is 1.68 bits per heavy atom. The summed E-state index contributed by atoms with van der Waals surface area (Å²) in [6.45, 7) is 3.65. The lowest BCUT2D eigenvalue weighted by atomic mass is 9.85. The minimum absolute atomic E-state index is 0.0481. The molecule has 4 rings (SSSR count). The van der Waals surface area contributed by atoms with E-state index in [1.807, 2.05) is 42.5 Å². The Bertz CT molecular complexity index is 882. The molecule has 1 aromatic heterocycles. The van der Waals surface area contributed by atoms with Crippen molar-refractivity contribution in [3.8, 4) is 0 Å². The highest BCUT2D eigenvalue weighted by atomic mass is 16.5. The van der Waals surface area contributed by atoms with E-state index in [1.165, 1.54) is 10.5 Å². The van der Waals surface area contributed by atoms with Crippen molar-refractivity contribution >= 4 is 11.9 Å². The van der Waals surface area contributed by atoms with E-state index in [9.17, 15) is 9.59 Å². The zero-order valence-corrected chi connectivity index (χ0v) is 18.1. The van der Waals surface area contributed by atoms with E-state index in [1.54, 1.807) is 24.4 Å². The highest BCUT2D eigenvalue weighted by Gasteiger charge is 2.57. The van der Waals surface area contributed by atoms with Crippen molar-refractivity contribution in [2.45, 2.75) is 31.3 Å². The number of amides is 3. The summed E-state index contributed by atoms with van der Waals surface area (Å²) in [6, 6.07) is 13.8. The van der Waals surface area contributed by atoms with Gasteiger partial charge in [-0.3, -0.25) is 19.6 Å². The zero-order chi connectivity index (χ0) is 21.7. The van der Waals surface area contributed by atoms with Gasteiger partial charge in [-0.1, -0.05) is 30.3 Å². The van der Waals surface area contributed by atoms with E-state index in [0.29, 0.717) is 39.0 Å². The zero-order valence-electron chi connectivity index (χ0n) is 18.1. The molecule has 3 amide bonds. The van der Waals surface area contributed by atoms with Crippen molar-refractivity contribution in [3.63, 3.8) is 0 Å².